The molecule has 0 aliphatic heterocycles. The molecule has 0 spiro atoms. The number of ether oxygens (including phenoxy) is 2. The van der Waals surface area contributed by atoms with E-state index in [-0.39, 0.29) is 33.0 Å². The first kappa shape index (κ1) is 32.4. The van der Waals surface area contributed by atoms with Gasteiger partial charge in [-0.3, -0.25) is 4.72 Å². The van der Waals surface area contributed by atoms with Crippen LogP contribution in [0.15, 0.2) is 65.0 Å². The number of alkyl halides is 3. The minimum absolute atomic E-state index is 0.0884. The fraction of sp³-hybridized carbons (Fsp3) is 0.353. The summed E-state index contributed by atoms with van der Waals surface area (Å²) < 4.78 is 93.0. The van der Waals surface area contributed by atoms with Gasteiger partial charge in [-0.2, -0.15) is 8.42 Å². The number of anilines is 1. The number of sulfonamides is 1. The Bertz CT molecular complexity index is 1980. The van der Waals surface area contributed by atoms with E-state index in [9.17, 15) is 30.8 Å². The van der Waals surface area contributed by atoms with E-state index in [2.05, 4.69) is 14.4 Å². The first-order chi connectivity index (χ1) is 22.7. The maximum atomic E-state index is 14.3. The molecule has 0 saturated heterocycles. The zero-order chi connectivity index (χ0) is 34.0. The number of benzene rings is 3. The average molecular weight is 703 g/mol. The number of hydrogen-bond donors (Lipinski definition) is 2. The van der Waals surface area contributed by atoms with E-state index in [1.165, 1.54) is 67.7 Å². The van der Waals surface area contributed by atoms with E-state index in [0.717, 1.165) is 42.3 Å². The summed E-state index contributed by atoms with van der Waals surface area (Å²) in [6, 6.07) is 13.5. The van der Waals surface area contributed by atoms with Gasteiger partial charge >= 0.3 is 12.3 Å². The smallest absolute Gasteiger partial charge is 0.495 e. The topological polar surface area (TPSA) is 115 Å². The molecule has 3 aromatic carbocycles. The zero-order valence-corrected chi connectivity index (χ0v) is 27.1. The number of nitrogens with zero attached hydrogens (tertiary/aromatic N) is 1. The SMILES string of the molecule is COc1cc(C(=O)O)c(F)cc1NS(=O)(=O)c1csc(-c2ccc(-c3ccc(C45CC6CC(CC(C6)C4)C5)cc3)c(OC(F)(F)F)c2)n1. The summed E-state index contributed by atoms with van der Waals surface area (Å²) in [6.07, 6.45) is 2.43. The third-order valence-corrected chi connectivity index (χ3v) is 12.1. The van der Waals surface area contributed by atoms with Crippen LogP contribution in [0.5, 0.6) is 11.5 Å². The number of carbonyl (C=O) groups is 1. The molecule has 0 radical (unpaired) electrons. The molecule has 4 bridgehead atoms. The van der Waals surface area contributed by atoms with Crippen molar-refractivity contribution >= 4 is 33.0 Å². The van der Waals surface area contributed by atoms with Crippen molar-refractivity contribution in [2.75, 3.05) is 11.8 Å². The molecule has 48 heavy (non-hydrogen) atoms. The van der Waals surface area contributed by atoms with E-state index in [4.69, 9.17) is 9.84 Å². The lowest BCUT2D eigenvalue weighted by Gasteiger charge is -2.57. The van der Waals surface area contributed by atoms with Gasteiger partial charge in [0.25, 0.3) is 10.0 Å². The molecule has 4 aromatic rings. The maximum absolute atomic E-state index is 14.3. The monoisotopic (exact) mass is 702 g/mol. The van der Waals surface area contributed by atoms with E-state index < -0.39 is 44.5 Å². The van der Waals surface area contributed by atoms with Crippen LogP contribution in [0.4, 0.5) is 23.2 Å². The van der Waals surface area contributed by atoms with Crippen LogP contribution in [0.3, 0.4) is 0 Å². The van der Waals surface area contributed by atoms with Crippen LogP contribution in [0.1, 0.15) is 54.4 Å². The molecule has 4 saturated carbocycles. The number of halogens is 4. The second kappa shape index (κ2) is 11.8. The zero-order valence-electron chi connectivity index (χ0n) is 25.5. The minimum Gasteiger partial charge on any atom is -0.495 e. The van der Waals surface area contributed by atoms with Crippen LogP contribution in [-0.2, 0) is 15.4 Å². The van der Waals surface area contributed by atoms with Crippen LogP contribution in [-0.4, -0.2) is 37.9 Å². The first-order valence-electron chi connectivity index (χ1n) is 15.3. The molecular formula is C34H30F4N2O6S2. The number of methoxy groups -OCH3 is 1. The Morgan fingerprint density at radius 2 is 1.58 bits per heavy atom. The van der Waals surface area contributed by atoms with E-state index >= 15 is 0 Å². The summed E-state index contributed by atoms with van der Waals surface area (Å²) in [4.78, 5) is 15.4. The van der Waals surface area contributed by atoms with Gasteiger partial charge in [0.15, 0.2) is 5.03 Å². The summed E-state index contributed by atoms with van der Waals surface area (Å²) in [5.41, 5.74) is 1.25. The third-order valence-electron chi connectivity index (χ3n) is 9.82. The van der Waals surface area contributed by atoms with Gasteiger partial charge < -0.3 is 14.6 Å². The largest absolute Gasteiger partial charge is 0.573 e. The number of carboxylic acids is 1. The molecule has 1 heterocycles. The van der Waals surface area contributed by atoms with Crippen molar-refractivity contribution in [2.24, 2.45) is 17.8 Å². The van der Waals surface area contributed by atoms with Crippen LogP contribution in [0.25, 0.3) is 21.7 Å². The fourth-order valence-corrected chi connectivity index (χ4v) is 10.4. The molecule has 4 aliphatic carbocycles. The molecule has 4 aliphatic rings. The molecule has 8 rings (SSSR count). The Kier molecular flexibility index (Phi) is 7.93. The van der Waals surface area contributed by atoms with Crippen molar-refractivity contribution < 1.29 is 45.4 Å². The highest BCUT2D eigenvalue weighted by atomic mass is 32.2. The van der Waals surface area contributed by atoms with E-state index in [1.54, 1.807) is 0 Å². The number of thiazole rings is 1. The predicted octanol–water partition coefficient (Wildman–Crippen LogP) is 8.49. The fourth-order valence-electron chi connectivity index (χ4n) is 8.25. The number of aromatic carboxylic acids is 1. The highest BCUT2D eigenvalue weighted by Gasteiger charge is 2.51. The average Bonchev–Trinajstić information content (AvgIpc) is 3.51. The molecule has 0 unspecified atom stereocenters. The molecule has 2 N–H and O–H groups in total. The predicted molar refractivity (Wildman–Crippen MR) is 170 cm³/mol. The highest BCUT2D eigenvalue weighted by Crippen LogP contribution is 2.60. The number of nitrogens with one attached hydrogen (secondary N) is 1. The van der Waals surface area contributed by atoms with Crippen molar-refractivity contribution in [2.45, 2.75) is 55.3 Å². The Morgan fingerprint density at radius 1 is 0.958 bits per heavy atom. The van der Waals surface area contributed by atoms with E-state index in [1.807, 2.05) is 24.3 Å². The van der Waals surface area contributed by atoms with Crippen molar-refractivity contribution in [3.05, 3.63) is 76.9 Å². The van der Waals surface area contributed by atoms with Crippen molar-refractivity contribution in [3.63, 3.8) is 0 Å². The van der Waals surface area contributed by atoms with E-state index in [0.29, 0.717) is 11.6 Å². The molecule has 1 aromatic heterocycles. The van der Waals surface area contributed by atoms with Crippen LogP contribution in [0.2, 0.25) is 0 Å². The van der Waals surface area contributed by atoms with Crippen molar-refractivity contribution in [1.82, 2.24) is 4.98 Å². The van der Waals surface area contributed by atoms with Gasteiger partial charge in [0, 0.05) is 22.6 Å². The standard InChI is InChI=1S/C34H30F4N2O6S2/c1-45-29-12-25(32(41)42)26(35)13-27(29)40-48(43,44)30-17-47-31(39-30)22-4-7-24(28(11-22)46-34(36,37)38)21-2-5-23(6-3-21)33-14-18-8-19(15-33)10-20(9-18)16-33/h2-7,11-13,17-20,40H,8-10,14-16H2,1H3,(H,41,42). The van der Waals surface area contributed by atoms with Gasteiger partial charge in [-0.1, -0.05) is 30.3 Å². The molecule has 0 atom stereocenters. The summed E-state index contributed by atoms with van der Waals surface area (Å²) in [5.74, 6) is -1.21. The molecule has 4 fully saturated rings. The Balaban J connectivity index is 1.16. The Labute approximate surface area is 277 Å². The number of hydrogen-bond acceptors (Lipinski definition) is 7. The number of aromatic nitrogens is 1. The molecule has 252 valence electrons. The molecule has 8 nitrogen and oxygen atoms in total. The van der Waals surface area contributed by atoms with Gasteiger partial charge in [0.05, 0.1) is 18.4 Å². The quantitative estimate of drug-likeness (QED) is 0.168. The summed E-state index contributed by atoms with van der Waals surface area (Å²) >= 11 is 0.867. The number of carboxylic acid groups (broad SMARTS) is 1. The van der Waals surface area contributed by atoms with Gasteiger partial charge in [0.2, 0.25) is 0 Å². The minimum atomic E-state index is -4.99. The van der Waals surface area contributed by atoms with Gasteiger partial charge in [-0.05, 0) is 91.0 Å². The van der Waals surface area contributed by atoms with Crippen LogP contribution in [0, 0.1) is 23.6 Å². The van der Waals surface area contributed by atoms with Crippen molar-refractivity contribution in [3.8, 4) is 33.2 Å². The summed E-state index contributed by atoms with van der Waals surface area (Å²) in [5, 5.41) is 9.92. The number of rotatable bonds is 9. The lowest BCUT2D eigenvalue weighted by Crippen LogP contribution is -2.48. The Morgan fingerprint density at radius 3 is 2.17 bits per heavy atom. The lowest BCUT2D eigenvalue weighted by atomic mass is 9.48. The van der Waals surface area contributed by atoms with Gasteiger partial charge in [-0.25, -0.2) is 14.2 Å². The summed E-state index contributed by atoms with van der Waals surface area (Å²) in [6.45, 7) is 0. The highest BCUT2D eigenvalue weighted by molar-refractivity contribution is 7.92. The molecule has 0 amide bonds. The first-order valence-corrected chi connectivity index (χ1v) is 17.7. The summed E-state index contributed by atoms with van der Waals surface area (Å²) in [7, 11) is -3.30. The molecule has 14 heteroatoms. The van der Waals surface area contributed by atoms with Gasteiger partial charge in [-0.15, -0.1) is 24.5 Å². The second-order valence-corrected chi connectivity index (χ2v) is 15.5. The second-order valence-electron chi connectivity index (χ2n) is 13.0. The van der Waals surface area contributed by atoms with Crippen LogP contribution < -0.4 is 14.2 Å². The van der Waals surface area contributed by atoms with Crippen LogP contribution >= 0.6 is 11.3 Å². The lowest BCUT2D eigenvalue weighted by molar-refractivity contribution is -0.274. The van der Waals surface area contributed by atoms with Gasteiger partial charge in [0.1, 0.15) is 22.3 Å². The maximum Gasteiger partial charge on any atom is 0.573 e. The normalized spacial score (nSPS) is 23.2. The third kappa shape index (κ3) is 6.11. The Hall–Kier alpha value is -4.17. The molecular weight excluding hydrogens is 673 g/mol. The van der Waals surface area contributed by atoms with Crippen molar-refractivity contribution in [1.29, 1.82) is 0 Å².